The van der Waals surface area contributed by atoms with Crippen LogP contribution in [-0.2, 0) is 19.2 Å². The molecule has 0 amide bonds. The van der Waals surface area contributed by atoms with E-state index < -0.39 is 53.3 Å². The number of hydrogen-bond donors (Lipinski definition) is 1. The van der Waals surface area contributed by atoms with E-state index in [1.54, 1.807) is 19.9 Å². The lowest BCUT2D eigenvalue weighted by molar-refractivity contribution is -0.976. The van der Waals surface area contributed by atoms with Crippen molar-refractivity contribution >= 4 is 12.0 Å². The minimum Gasteiger partial charge on any atom is -0.475 e. The van der Waals surface area contributed by atoms with Crippen molar-refractivity contribution in [1.82, 2.24) is 0 Å². The van der Waals surface area contributed by atoms with Crippen LogP contribution in [0.3, 0.4) is 0 Å². The summed E-state index contributed by atoms with van der Waals surface area (Å²) >= 11 is 0. The normalized spacial score (nSPS) is 16.4. The molecular formula is C16H16F3N2O9+. The molecule has 11 nitrogen and oxygen atoms in total. The highest BCUT2D eigenvalue weighted by Gasteiger charge is 2.49. The molecule has 0 fully saturated rings. The Morgan fingerprint density at radius 1 is 1.27 bits per heavy atom. The maximum absolute atomic E-state index is 13.5. The standard InChI is InChI=1S/C16H16F3N2O9/c1-8-3-9(2)13-10(4-8)5-12(14(30-13)16(17,18)19)15(22)29-11(6-27-20(23)24)7-28-21(25)26/h3-5,11,14H,6-7H2,1-2H3,(H,23,24)/q+1/t11?,14-/m0/s1. The maximum Gasteiger partial charge on any atom is 0.475 e. The molecule has 30 heavy (non-hydrogen) atoms. The fourth-order valence-corrected chi connectivity index (χ4v) is 2.72. The molecule has 0 saturated carbocycles. The van der Waals surface area contributed by atoms with Gasteiger partial charge in [-0.1, -0.05) is 11.6 Å². The van der Waals surface area contributed by atoms with E-state index in [9.17, 15) is 33.0 Å². The van der Waals surface area contributed by atoms with Gasteiger partial charge in [0.05, 0.1) is 5.57 Å². The molecule has 1 aromatic rings. The second-order valence-electron chi connectivity index (χ2n) is 6.22. The topological polar surface area (TPSA) is 137 Å². The van der Waals surface area contributed by atoms with Gasteiger partial charge in [0.2, 0.25) is 12.7 Å². The predicted octanol–water partition coefficient (Wildman–Crippen LogP) is 2.23. The molecule has 1 aromatic carbocycles. The van der Waals surface area contributed by atoms with Gasteiger partial charge in [-0.25, -0.2) is 10.0 Å². The lowest BCUT2D eigenvalue weighted by atomic mass is 9.97. The molecule has 2 rings (SSSR count). The molecule has 0 bridgehead atoms. The van der Waals surface area contributed by atoms with Gasteiger partial charge < -0.3 is 14.3 Å². The van der Waals surface area contributed by atoms with E-state index in [4.69, 9.17) is 14.7 Å². The Bertz CT molecular complexity index is 867. The van der Waals surface area contributed by atoms with E-state index in [2.05, 4.69) is 9.68 Å². The first-order valence-corrected chi connectivity index (χ1v) is 8.22. The van der Waals surface area contributed by atoms with Crippen molar-refractivity contribution in [2.45, 2.75) is 32.2 Å². The average molecular weight is 437 g/mol. The first kappa shape index (κ1) is 22.7. The Balaban J connectivity index is 2.34. The van der Waals surface area contributed by atoms with E-state index in [0.717, 1.165) is 6.08 Å². The number of carbonyl (C=O) groups excluding carboxylic acids is 1. The zero-order valence-electron chi connectivity index (χ0n) is 15.5. The third-order valence-corrected chi connectivity index (χ3v) is 3.82. The number of fused-ring (bicyclic) bond motifs is 1. The van der Waals surface area contributed by atoms with Crippen LogP contribution in [0.2, 0.25) is 0 Å². The van der Waals surface area contributed by atoms with Crippen molar-refractivity contribution in [2.24, 2.45) is 0 Å². The third kappa shape index (κ3) is 5.71. The van der Waals surface area contributed by atoms with Crippen molar-refractivity contribution < 1.29 is 52.5 Å². The van der Waals surface area contributed by atoms with Gasteiger partial charge in [-0.15, -0.1) is 10.1 Å². The zero-order chi connectivity index (χ0) is 22.6. The van der Waals surface area contributed by atoms with Gasteiger partial charge in [0.1, 0.15) is 17.3 Å². The van der Waals surface area contributed by atoms with Gasteiger partial charge in [-0.2, -0.15) is 18.0 Å². The number of benzene rings is 1. The van der Waals surface area contributed by atoms with E-state index in [0.29, 0.717) is 11.1 Å². The Morgan fingerprint density at radius 3 is 2.47 bits per heavy atom. The minimum absolute atomic E-state index is 0.0571. The Labute approximate surface area is 166 Å². The van der Waals surface area contributed by atoms with Gasteiger partial charge in [0.15, 0.2) is 6.10 Å². The number of ether oxygens (including phenoxy) is 2. The summed E-state index contributed by atoms with van der Waals surface area (Å²) in [6, 6.07) is 3.11. The zero-order valence-corrected chi connectivity index (χ0v) is 15.5. The molecule has 0 radical (unpaired) electrons. The molecule has 1 aliphatic heterocycles. The summed E-state index contributed by atoms with van der Waals surface area (Å²) in [5, 5.41) is 16.5. The Kier molecular flexibility index (Phi) is 6.69. The summed E-state index contributed by atoms with van der Waals surface area (Å²) in [6.45, 7) is 1.34. The highest BCUT2D eigenvalue weighted by atomic mass is 19.4. The Morgan fingerprint density at radius 2 is 1.90 bits per heavy atom. The molecule has 0 spiro atoms. The monoisotopic (exact) mass is 437 g/mol. The molecule has 1 heterocycles. The predicted molar refractivity (Wildman–Crippen MR) is 88.6 cm³/mol. The highest BCUT2D eigenvalue weighted by Crippen LogP contribution is 2.39. The summed E-state index contributed by atoms with van der Waals surface area (Å²) in [5.74, 6) is -1.59. The molecule has 2 atom stereocenters. The van der Waals surface area contributed by atoms with Crippen molar-refractivity contribution in [2.75, 3.05) is 13.2 Å². The lowest BCUT2D eigenvalue weighted by Gasteiger charge is -2.29. The van der Waals surface area contributed by atoms with Crippen molar-refractivity contribution in [3.8, 4) is 5.75 Å². The van der Waals surface area contributed by atoms with Gasteiger partial charge >= 0.3 is 17.2 Å². The van der Waals surface area contributed by atoms with Gasteiger partial charge in [-0.3, -0.25) is 0 Å². The van der Waals surface area contributed by atoms with Crippen LogP contribution in [0.5, 0.6) is 5.75 Å². The fourth-order valence-electron chi connectivity index (χ4n) is 2.72. The first-order chi connectivity index (χ1) is 13.9. The third-order valence-electron chi connectivity index (χ3n) is 3.82. The van der Waals surface area contributed by atoms with Crippen LogP contribution in [0, 0.1) is 28.9 Å². The van der Waals surface area contributed by atoms with E-state index in [1.807, 2.05) is 0 Å². The molecule has 0 saturated heterocycles. The van der Waals surface area contributed by atoms with Crippen LogP contribution in [-0.4, -0.2) is 52.9 Å². The molecule has 1 aliphatic rings. The largest absolute Gasteiger partial charge is 0.475 e. The van der Waals surface area contributed by atoms with E-state index in [1.165, 1.54) is 6.07 Å². The van der Waals surface area contributed by atoms with Gasteiger partial charge in [0, 0.05) is 5.56 Å². The van der Waals surface area contributed by atoms with Crippen LogP contribution >= 0.6 is 0 Å². The van der Waals surface area contributed by atoms with Crippen LogP contribution in [0.1, 0.15) is 16.7 Å². The molecule has 0 aliphatic carbocycles. The summed E-state index contributed by atoms with van der Waals surface area (Å²) in [4.78, 5) is 41.2. The van der Waals surface area contributed by atoms with Crippen LogP contribution in [0.4, 0.5) is 13.2 Å². The molecule has 164 valence electrons. The highest BCUT2D eigenvalue weighted by molar-refractivity contribution is 5.96. The van der Waals surface area contributed by atoms with E-state index >= 15 is 0 Å². The molecule has 14 heteroatoms. The van der Waals surface area contributed by atoms with Gasteiger partial charge in [0.25, 0.3) is 5.09 Å². The van der Waals surface area contributed by atoms with Crippen LogP contribution in [0.15, 0.2) is 17.7 Å². The fraction of sp³-hybridized carbons (Fsp3) is 0.438. The number of carbonyl (C=O) groups is 1. The summed E-state index contributed by atoms with van der Waals surface area (Å²) in [6.07, 6.45) is -8.40. The van der Waals surface area contributed by atoms with E-state index in [-0.39, 0.29) is 11.3 Å². The SMILES string of the molecule is Cc1cc(C)c2c(c1)C=C(C(=O)OC(CO[N+](=O)[O-])CO[N+](=O)O)[C@@H](C(F)(F)F)O2. The number of esters is 1. The van der Waals surface area contributed by atoms with Crippen molar-refractivity contribution in [3.63, 3.8) is 0 Å². The average Bonchev–Trinajstić information content (AvgIpc) is 2.61. The minimum atomic E-state index is -4.99. The molecule has 1 unspecified atom stereocenters. The number of hydrogen-bond acceptors (Lipinski definition) is 8. The van der Waals surface area contributed by atoms with Crippen molar-refractivity contribution in [3.05, 3.63) is 49.4 Å². The van der Waals surface area contributed by atoms with Crippen molar-refractivity contribution in [1.29, 1.82) is 0 Å². The van der Waals surface area contributed by atoms with Crippen LogP contribution in [0.25, 0.3) is 6.08 Å². The second kappa shape index (κ2) is 8.84. The Hall–Kier alpha value is -3.58. The maximum atomic E-state index is 13.5. The smallest absolute Gasteiger partial charge is 0.475 e. The summed E-state index contributed by atoms with van der Waals surface area (Å²) in [5.41, 5.74) is 0.407. The number of aryl methyl sites for hydroxylation is 2. The number of rotatable bonds is 8. The quantitative estimate of drug-likeness (QED) is 0.369. The molecular weight excluding hydrogens is 421 g/mol. The number of halogens is 3. The second-order valence-corrected chi connectivity index (χ2v) is 6.22. The lowest BCUT2D eigenvalue weighted by Crippen LogP contribution is -2.42. The summed E-state index contributed by atoms with van der Waals surface area (Å²) in [7, 11) is 0. The number of nitrogens with zero attached hydrogens (tertiary/aromatic N) is 2. The molecule has 1 N–H and O–H groups in total. The van der Waals surface area contributed by atoms with Crippen LogP contribution < -0.4 is 4.74 Å². The number of alkyl halides is 3. The summed E-state index contributed by atoms with van der Waals surface area (Å²) < 4.78 is 50.3. The first-order valence-electron chi connectivity index (χ1n) is 8.22. The molecule has 0 aromatic heterocycles. The van der Waals surface area contributed by atoms with Gasteiger partial charge in [-0.05, 0) is 31.6 Å².